The summed E-state index contributed by atoms with van der Waals surface area (Å²) in [5.41, 5.74) is -2.15. The van der Waals surface area contributed by atoms with Crippen LogP contribution in [0.1, 0.15) is 13.3 Å². The Morgan fingerprint density at radius 1 is 1.56 bits per heavy atom. The molecule has 6 nitrogen and oxygen atoms in total. The fraction of sp³-hybridized carbons (Fsp3) is 0.700. The summed E-state index contributed by atoms with van der Waals surface area (Å²) in [4.78, 5) is 11.5. The molecule has 2 aliphatic heterocycles. The van der Waals surface area contributed by atoms with Crippen molar-refractivity contribution in [2.75, 3.05) is 6.61 Å². The third-order valence-electron chi connectivity index (χ3n) is 3.02. The zero-order chi connectivity index (χ0) is 12.0. The van der Waals surface area contributed by atoms with Crippen LogP contribution in [0.5, 0.6) is 0 Å². The first-order valence-electron chi connectivity index (χ1n) is 5.04. The molecule has 16 heavy (non-hydrogen) atoms. The maximum atomic E-state index is 11.5. The minimum atomic E-state index is -2.16. The summed E-state index contributed by atoms with van der Waals surface area (Å²) in [7, 11) is 0. The molecule has 6 heteroatoms. The number of allylic oxidation sites excluding steroid dienone is 1. The molecule has 2 saturated heterocycles. The molecule has 2 rings (SSSR count). The minimum Gasteiger partial charge on any atom is -0.451 e. The summed E-state index contributed by atoms with van der Waals surface area (Å²) in [5, 5.41) is 29.7. The van der Waals surface area contributed by atoms with Gasteiger partial charge in [-0.25, -0.2) is 4.79 Å². The van der Waals surface area contributed by atoms with Crippen molar-refractivity contribution in [3.63, 3.8) is 0 Å². The van der Waals surface area contributed by atoms with Gasteiger partial charge < -0.3 is 24.8 Å². The van der Waals surface area contributed by atoms with Gasteiger partial charge in [-0.05, 0) is 6.92 Å². The number of carbonyl (C=O) groups excluding carboxylic acids is 1. The topological polar surface area (TPSA) is 96.2 Å². The molecule has 90 valence electrons. The molecule has 0 aromatic rings. The van der Waals surface area contributed by atoms with Crippen LogP contribution in [0.15, 0.2) is 12.2 Å². The van der Waals surface area contributed by atoms with Crippen molar-refractivity contribution < 1.29 is 29.6 Å². The Morgan fingerprint density at radius 3 is 2.88 bits per heavy atom. The summed E-state index contributed by atoms with van der Waals surface area (Å²) in [6.07, 6.45) is 0.689. The predicted octanol–water partition coefficient (Wildman–Crippen LogP) is -1.31. The van der Waals surface area contributed by atoms with Crippen molar-refractivity contribution in [2.45, 2.75) is 36.9 Å². The maximum Gasteiger partial charge on any atom is 0.344 e. The Kier molecular flexibility index (Phi) is 2.54. The van der Waals surface area contributed by atoms with E-state index < -0.39 is 29.6 Å². The Hall–Kier alpha value is -0.950. The Bertz CT molecular complexity index is 340. The minimum absolute atomic E-state index is 0.123. The predicted molar refractivity (Wildman–Crippen MR) is 51.2 cm³/mol. The van der Waals surface area contributed by atoms with Crippen LogP contribution in [0, 0.1) is 0 Å². The Morgan fingerprint density at radius 2 is 2.25 bits per heavy atom. The van der Waals surface area contributed by atoms with Crippen LogP contribution in [-0.2, 0) is 14.3 Å². The molecule has 0 unspecified atom stereocenters. The molecule has 0 radical (unpaired) electrons. The third-order valence-corrected chi connectivity index (χ3v) is 3.02. The molecule has 2 heterocycles. The first kappa shape index (κ1) is 11.5. The number of hydrogen-bond donors (Lipinski definition) is 3. The zero-order valence-electron chi connectivity index (χ0n) is 8.79. The molecule has 0 bridgehead atoms. The SMILES string of the molecule is C/C=C\C[C@@]1(O)C(=O)O[C@@H]2[C@@H](O)CO[C@@]21O. The molecule has 0 saturated carbocycles. The largest absolute Gasteiger partial charge is 0.451 e. The molecule has 0 aliphatic carbocycles. The van der Waals surface area contributed by atoms with Gasteiger partial charge in [0.15, 0.2) is 6.10 Å². The quantitative estimate of drug-likeness (QED) is 0.402. The third kappa shape index (κ3) is 1.24. The summed E-state index contributed by atoms with van der Waals surface area (Å²) in [6.45, 7) is 1.54. The van der Waals surface area contributed by atoms with Crippen molar-refractivity contribution in [2.24, 2.45) is 0 Å². The van der Waals surface area contributed by atoms with E-state index in [1.807, 2.05) is 0 Å². The van der Waals surface area contributed by atoms with Gasteiger partial charge in [0, 0.05) is 6.42 Å². The second-order valence-corrected chi connectivity index (χ2v) is 4.03. The average Bonchev–Trinajstić information content (AvgIpc) is 2.64. The summed E-state index contributed by atoms with van der Waals surface area (Å²) < 4.78 is 9.70. The summed E-state index contributed by atoms with van der Waals surface area (Å²) in [5.74, 6) is -3.14. The van der Waals surface area contributed by atoms with Crippen LogP contribution in [0.25, 0.3) is 0 Å². The number of aliphatic hydroxyl groups excluding tert-OH is 1. The standard InChI is InChI=1S/C10H14O6/c1-2-3-4-9(13)8(12)16-7-6(11)5-15-10(7,9)14/h2-3,6-7,11,13-14H,4-5H2,1H3/b3-2-/t6-,7+,9+,10-/m0/s1. The van der Waals surface area contributed by atoms with Crippen LogP contribution in [0.2, 0.25) is 0 Å². The second kappa shape index (κ2) is 3.53. The van der Waals surface area contributed by atoms with E-state index in [0.29, 0.717) is 0 Å². The van der Waals surface area contributed by atoms with Gasteiger partial charge in [-0.2, -0.15) is 0 Å². The second-order valence-electron chi connectivity index (χ2n) is 4.03. The molecule has 2 fully saturated rings. The number of aliphatic hydroxyl groups is 3. The summed E-state index contributed by atoms with van der Waals surface area (Å²) >= 11 is 0. The molecule has 0 aromatic heterocycles. The molecule has 0 spiro atoms. The lowest BCUT2D eigenvalue weighted by Gasteiger charge is -2.30. The molecule has 3 N–H and O–H groups in total. The zero-order valence-corrected chi connectivity index (χ0v) is 8.79. The van der Waals surface area contributed by atoms with E-state index in [1.165, 1.54) is 6.08 Å². The maximum absolute atomic E-state index is 11.5. The van der Waals surface area contributed by atoms with E-state index in [-0.39, 0.29) is 13.0 Å². The molecule has 0 amide bonds. The van der Waals surface area contributed by atoms with E-state index in [0.717, 1.165) is 0 Å². The van der Waals surface area contributed by atoms with Crippen molar-refractivity contribution in [1.82, 2.24) is 0 Å². The van der Waals surface area contributed by atoms with E-state index in [2.05, 4.69) is 0 Å². The van der Waals surface area contributed by atoms with E-state index >= 15 is 0 Å². The number of fused-ring (bicyclic) bond motifs is 1. The van der Waals surface area contributed by atoms with Crippen LogP contribution in [0.4, 0.5) is 0 Å². The monoisotopic (exact) mass is 230 g/mol. The van der Waals surface area contributed by atoms with E-state index in [4.69, 9.17) is 9.47 Å². The van der Waals surface area contributed by atoms with Gasteiger partial charge in [0.1, 0.15) is 6.10 Å². The van der Waals surface area contributed by atoms with Crippen LogP contribution < -0.4 is 0 Å². The van der Waals surface area contributed by atoms with Gasteiger partial charge in [-0.15, -0.1) is 0 Å². The van der Waals surface area contributed by atoms with Crippen LogP contribution >= 0.6 is 0 Å². The van der Waals surface area contributed by atoms with Crippen molar-refractivity contribution in [1.29, 1.82) is 0 Å². The van der Waals surface area contributed by atoms with Gasteiger partial charge in [-0.1, -0.05) is 12.2 Å². The van der Waals surface area contributed by atoms with Gasteiger partial charge in [-0.3, -0.25) is 0 Å². The van der Waals surface area contributed by atoms with E-state index in [9.17, 15) is 20.1 Å². The number of esters is 1. The molecular formula is C10H14O6. The highest BCUT2D eigenvalue weighted by molar-refractivity contribution is 5.84. The first-order chi connectivity index (χ1) is 7.45. The number of carbonyl (C=O) groups is 1. The van der Waals surface area contributed by atoms with Crippen molar-refractivity contribution in [3.8, 4) is 0 Å². The lowest BCUT2D eigenvalue weighted by atomic mass is 9.88. The Balaban J connectivity index is 2.34. The lowest BCUT2D eigenvalue weighted by Crippen LogP contribution is -2.57. The number of ether oxygens (including phenoxy) is 2. The summed E-state index contributed by atoms with van der Waals surface area (Å²) in [6, 6.07) is 0. The van der Waals surface area contributed by atoms with Gasteiger partial charge >= 0.3 is 5.97 Å². The normalized spacial score (nSPS) is 47.4. The lowest BCUT2D eigenvalue weighted by molar-refractivity contribution is -0.261. The smallest absolute Gasteiger partial charge is 0.344 e. The average molecular weight is 230 g/mol. The van der Waals surface area contributed by atoms with Crippen LogP contribution in [0.3, 0.4) is 0 Å². The fourth-order valence-corrected chi connectivity index (χ4v) is 2.03. The van der Waals surface area contributed by atoms with Crippen molar-refractivity contribution >= 4 is 5.97 Å². The highest BCUT2D eigenvalue weighted by Gasteiger charge is 2.72. The molecule has 2 aliphatic rings. The number of hydrogen-bond acceptors (Lipinski definition) is 6. The molecule has 0 aromatic carbocycles. The fourth-order valence-electron chi connectivity index (χ4n) is 2.03. The highest BCUT2D eigenvalue weighted by Crippen LogP contribution is 2.44. The molecular weight excluding hydrogens is 216 g/mol. The van der Waals surface area contributed by atoms with E-state index in [1.54, 1.807) is 13.0 Å². The highest BCUT2D eigenvalue weighted by atomic mass is 16.7. The van der Waals surface area contributed by atoms with Gasteiger partial charge in [0.05, 0.1) is 6.61 Å². The number of rotatable bonds is 2. The van der Waals surface area contributed by atoms with Crippen molar-refractivity contribution in [3.05, 3.63) is 12.2 Å². The van der Waals surface area contributed by atoms with Gasteiger partial charge in [0.2, 0.25) is 11.4 Å². The van der Waals surface area contributed by atoms with Gasteiger partial charge in [0.25, 0.3) is 0 Å². The van der Waals surface area contributed by atoms with Crippen LogP contribution in [-0.4, -0.2) is 51.5 Å². The molecule has 4 atom stereocenters. The Labute approximate surface area is 92.1 Å². The first-order valence-corrected chi connectivity index (χ1v) is 5.04.